The molecule has 2 unspecified atom stereocenters. The van der Waals surface area contributed by atoms with Crippen LogP contribution in [0.4, 0.5) is 5.69 Å². The summed E-state index contributed by atoms with van der Waals surface area (Å²) in [5.41, 5.74) is 2.75. The van der Waals surface area contributed by atoms with E-state index in [0.717, 1.165) is 29.7 Å². The molecule has 162 valence electrons. The third-order valence-electron chi connectivity index (χ3n) is 6.81. The standard InChI is InChI=1S/C22H29N3O4S/c1-12-5-6-13(2)14(11-12)24-20(28)18-22-8-7-15(30-22)16(19(27)23-3)17(22)21(29)25(18)9-4-10-26/h5-6,11,15-18,26H,4,7-10H2,1-3H3,(H,23,27)(H,24,28)/t15-,16+,17+,18?,22?/m1/s1. The molecule has 3 aliphatic heterocycles. The van der Waals surface area contributed by atoms with Crippen LogP contribution in [0.3, 0.4) is 0 Å². The molecule has 1 spiro atoms. The monoisotopic (exact) mass is 431 g/mol. The topological polar surface area (TPSA) is 98.7 Å². The summed E-state index contributed by atoms with van der Waals surface area (Å²) in [6.45, 7) is 4.17. The summed E-state index contributed by atoms with van der Waals surface area (Å²) < 4.78 is -0.587. The SMILES string of the molecule is CNC(=O)[C@@H]1[C@H]2C(=O)N(CCCO)C(C(=O)Nc3cc(C)ccc3C)C23CC[C@H]1S3. The van der Waals surface area contributed by atoms with Gasteiger partial charge in [-0.1, -0.05) is 12.1 Å². The molecule has 0 aromatic heterocycles. The van der Waals surface area contributed by atoms with Crippen molar-refractivity contribution >= 4 is 35.2 Å². The van der Waals surface area contributed by atoms with Gasteiger partial charge in [0.25, 0.3) is 0 Å². The smallest absolute Gasteiger partial charge is 0.248 e. The predicted octanol–water partition coefficient (Wildman–Crippen LogP) is 1.46. The number of benzene rings is 1. The molecule has 0 saturated carbocycles. The van der Waals surface area contributed by atoms with Gasteiger partial charge in [-0.2, -0.15) is 0 Å². The van der Waals surface area contributed by atoms with E-state index in [-0.39, 0.29) is 29.6 Å². The minimum Gasteiger partial charge on any atom is -0.396 e. The van der Waals surface area contributed by atoms with Gasteiger partial charge >= 0.3 is 0 Å². The van der Waals surface area contributed by atoms with Gasteiger partial charge in [0.05, 0.1) is 16.6 Å². The van der Waals surface area contributed by atoms with E-state index in [1.807, 2.05) is 32.0 Å². The van der Waals surface area contributed by atoms with E-state index in [9.17, 15) is 19.5 Å². The lowest BCUT2D eigenvalue weighted by atomic mass is 9.70. The Hall–Kier alpha value is -2.06. The number of nitrogens with zero attached hydrogens (tertiary/aromatic N) is 1. The number of carbonyl (C=O) groups excluding carboxylic acids is 3. The van der Waals surface area contributed by atoms with E-state index in [1.165, 1.54) is 0 Å². The molecule has 7 nitrogen and oxygen atoms in total. The zero-order valence-electron chi connectivity index (χ0n) is 17.6. The Morgan fingerprint density at radius 3 is 2.77 bits per heavy atom. The maximum Gasteiger partial charge on any atom is 0.248 e. The van der Waals surface area contributed by atoms with Crippen molar-refractivity contribution < 1.29 is 19.5 Å². The minimum absolute atomic E-state index is 0.0542. The van der Waals surface area contributed by atoms with E-state index in [0.29, 0.717) is 13.0 Å². The van der Waals surface area contributed by atoms with E-state index >= 15 is 0 Å². The molecule has 3 heterocycles. The van der Waals surface area contributed by atoms with Crippen molar-refractivity contribution in [3.63, 3.8) is 0 Å². The largest absolute Gasteiger partial charge is 0.396 e. The van der Waals surface area contributed by atoms with Crippen molar-refractivity contribution in [1.82, 2.24) is 10.2 Å². The molecule has 1 aromatic rings. The lowest BCUT2D eigenvalue weighted by Crippen LogP contribution is -2.51. The Bertz CT molecular complexity index is 891. The molecule has 3 amide bonds. The van der Waals surface area contributed by atoms with Crippen LogP contribution >= 0.6 is 11.8 Å². The molecule has 3 fully saturated rings. The van der Waals surface area contributed by atoms with Crippen LogP contribution in [0, 0.1) is 25.7 Å². The number of aliphatic hydroxyl groups is 1. The number of hydrogen-bond donors (Lipinski definition) is 3. The highest BCUT2D eigenvalue weighted by Gasteiger charge is 2.73. The number of nitrogens with one attached hydrogen (secondary N) is 2. The van der Waals surface area contributed by atoms with Gasteiger partial charge in [-0.3, -0.25) is 14.4 Å². The molecular formula is C22H29N3O4S. The van der Waals surface area contributed by atoms with Gasteiger partial charge in [0.1, 0.15) is 6.04 Å². The highest BCUT2D eigenvalue weighted by molar-refractivity contribution is 8.02. The molecule has 3 N–H and O–H groups in total. The number of aliphatic hydroxyl groups excluding tert-OH is 1. The first kappa shape index (κ1) is 21.2. The molecule has 0 radical (unpaired) electrons. The number of hydrogen-bond acceptors (Lipinski definition) is 5. The Morgan fingerprint density at radius 1 is 1.30 bits per heavy atom. The second-order valence-electron chi connectivity index (χ2n) is 8.59. The Balaban J connectivity index is 1.70. The number of carbonyl (C=O) groups is 3. The molecule has 3 aliphatic rings. The van der Waals surface area contributed by atoms with E-state index in [4.69, 9.17) is 0 Å². The van der Waals surface area contributed by atoms with Crippen LogP contribution < -0.4 is 10.6 Å². The third kappa shape index (κ3) is 3.12. The number of rotatable bonds is 6. The summed E-state index contributed by atoms with van der Waals surface area (Å²) in [6.07, 6.45) is 1.97. The van der Waals surface area contributed by atoms with Crippen LogP contribution in [0.1, 0.15) is 30.4 Å². The van der Waals surface area contributed by atoms with Crippen molar-refractivity contribution in [1.29, 1.82) is 0 Å². The maximum atomic E-state index is 13.6. The summed E-state index contributed by atoms with van der Waals surface area (Å²) in [5.74, 6) is -1.35. The average molecular weight is 432 g/mol. The molecule has 4 rings (SSSR count). The van der Waals surface area contributed by atoms with E-state index in [1.54, 1.807) is 23.7 Å². The first-order valence-electron chi connectivity index (χ1n) is 10.5. The average Bonchev–Trinajstić information content (AvgIpc) is 3.36. The molecule has 5 atom stereocenters. The van der Waals surface area contributed by atoms with Crippen molar-refractivity contribution in [2.45, 2.75) is 49.1 Å². The van der Waals surface area contributed by atoms with Crippen LogP contribution in [-0.4, -0.2) is 64.0 Å². The zero-order valence-corrected chi connectivity index (χ0v) is 18.4. The summed E-state index contributed by atoms with van der Waals surface area (Å²) in [5, 5.41) is 15.2. The van der Waals surface area contributed by atoms with Crippen LogP contribution in [0.25, 0.3) is 0 Å². The first-order chi connectivity index (χ1) is 14.3. The lowest BCUT2D eigenvalue weighted by molar-refractivity contribution is -0.139. The Kier molecular flexibility index (Phi) is 5.57. The molecule has 30 heavy (non-hydrogen) atoms. The molecule has 3 saturated heterocycles. The fraction of sp³-hybridized carbons (Fsp3) is 0.591. The number of aryl methyl sites for hydroxylation is 2. The van der Waals surface area contributed by atoms with Crippen LogP contribution in [0.2, 0.25) is 0 Å². The van der Waals surface area contributed by atoms with Crippen molar-refractivity contribution in [3.8, 4) is 0 Å². The number of amides is 3. The Labute approximate surface area is 181 Å². The fourth-order valence-electron chi connectivity index (χ4n) is 5.47. The van der Waals surface area contributed by atoms with Gasteiger partial charge in [-0.15, -0.1) is 11.8 Å². The van der Waals surface area contributed by atoms with Gasteiger partial charge in [-0.25, -0.2) is 0 Å². The minimum atomic E-state index is -0.647. The van der Waals surface area contributed by atoms with Gasteiger partial charge in [0.2, 0.25) is 17.7 Å². The van der Waals surface area contributed by atoms with Crippen molar-refractivity contribution in [2.75, 3.05) is 25.5 Å². The second-order valence-corrected chi connectivity index (χ2v) is 10.2. The van der Waals surface area contributed by atoms with Gasteiger partial charge < -0.3 is 20.6 Å². The van der Waals surface area contributed by atoms with Gasteiger partial charge in [0.15, 0.2) is 0 Å². The lowest BCUT2D eigenvalue weighted by Gasteiger charge is -2.34. The van der Waals surface area contributed by atoms with Gasteiger partial charge in [-0.05, 0) is 50.3 Å². The number of anilines is 1. The third-order valence-corrected chi connectivity index (χ3v) is 8.76. The van der Waals surface area contributed by atoms with Crippen LogP contribution in [0.5, 0.6) is 0 Å². The summed E-state index contributed by atoms with van der Waals surface area (Å²) >= 11 is 1.65. The van der Waals surface area contributed by atoms with Crippen molar-refractivity contribution in [2.24, 2.45) is 11.8 Å². The normalized spacial score (nSPS) is 31.7. The van der Waals surface area contributed by atoms with Crippen LogP contribution in [0.15, 0.2) is 18.2 Å². The van der Waals surface area contributed by atoms with E-state index < -0.39 is 22.6 Å². The maximum absolute atomic E-state index is 13.6. The quantitative estimate of drug-likeness (QED) is 0.633. The van der Waals surface area contributed by atoms with Crippen LogP contribution in [-0.2, 0) is 14.4 Å². The Morgan fingerprint density at radius 2 is 2.07 bits per heavy atom. The molecule has 1 aromatic carbocycles. The number of thioether (sulfide) groups is 1. The number of fused-ring (bicyclic) bond motifs is 1. The second kappa shape index (κ2) is 7.89. The zero-order chi connectivity index (χ0) is 21.6. The summed E-state index contributed by atoms with van der Waals surface area (Å²) in [6, 6.07) is 5.25. The number of likely N-dealkylation sites (tertiary alicyclic amines) is 1. The molecule has 0 aliphatic carbocycles. The fourth-order valence-corrected chi connectivity index (χ4v) is 7.69. The predicted molar refractivity (Wildman–Crippen MR) is 116 cm³/mol. The summed E-state index contributed by atoms with van der Waals surface area (Å²) in [7, 11) is 1.60. The van der Waals surface area contributed by atoms with Crippen molar-refractivity contribution in [3.05, 3.63) is 29.3 Å². The highest BCUT2D eigenvalue weighted by Crippen LogP contribution is 2.66. The molecule has 2 bridgehead atoms. The first-order valence-corrected chi connectivity index (χ1v) is 11.4. The molecular weight excluding hydrogens is 402 g/mol. The van der Waals surface area contributed by atoms with E-state index in [2.05, 4.69) is 10.6 Å². The summed E-state index contributed by atoms with van der Waals surface area (Å²) in [4.78, 5) is 41.3. The van der Waals surface area contributed by atoms with Gasteiger partial charge in [0, 0.05) is 31.1 Å². The highest BCUT2D eigenvalue weighted by atomic mass is 32.2. The molecule has 8 heteroatoms.